The molecule has 0 aromatic heterocycles. The van der Waals surface area contributed by atoms with Gasteiger partial charge in [-0.15, -0.1) is 0 Å². The van der Waals surface area contributed by atoms with Crippen LogP contribution in [0.4, 0.5) is 5.69 Å². The number of ether oxygens (including phenoxy) is 3. The van der Waals surface area contributed by atoms with Crippen molar-refractivity contribution in [1.29, 1.82) is 0 Å². The summed E-state index contributed by atoms with van der Waals surface area (Å²) >= 11 is 5.78. The molecule has 8 nitrogen and oxygen atoms in total. The maximum atomic E-state index is 12.4. The summed E-state index contributed by atoms with van der Waals surface area (Å²) in [6.45, 7) is 1.38. The first kappa shape index (κ1) is 20.2. The zero-order chi connectivity index (χ0) is 20.1. The molecule has 0 N–H and O–H groups in total. The number of hydrogen-bond donors (Lipinski definition) is 0. The van der Waals surface area contributed by atoms with Gasteiger partial charge >= 0.3 is 5.97 Å². The second kappa shape index (κ2) is 8.50. The number of halogens is 1. The molecule has 27 heavy (non-hydrogen) atoms. The van der Waals surface area contributed by atoms with E-state index in [0.29, 0.717) is 10.6 Å². The van der Waals surface area contributed by atoms with E-state index < -0.39 is 28.5 Å². The van der Waals surface area contributed by atoms with Gasteiger partial charge in [0.2, 0.25) is 5.78 Å². The monoisotopic (exact) mass is 393 g/mol. The minimum atomic E-state index is -1.16. The number of nitrogens with zero attached hydrogens (tertiary/aromatic N) is 1. The van der Waals surface area contributed by atoms with Crippen LogP contribution >= 0.6 is 11.6 Å². The third-order valence-electron chi connectivity index (χ3n) is 3.70. The molecule has 2 aromatic rings. The van der Waals surface area contributed by atoms with Gasteiger partial charge in [0.1, 0.15) is 5.56 Å². The second-order valence-electron chi connectivity index (χ2n) is 5.40. The molecule has 0 aliphatic rings. The van der Waals surface area contributed by atoms with Gasteiger partial charge in [-0.2, -0.15) is 0 Å². The Morgan fingerprint density at radius 2 is 1.63 bits per heavy atom. The third kappa shape index (κ3) is 4.53. The molecule has 9 heteroatoms. The van der Waals surface area contributed by atoms with Crippen LogP contribution in [-0.4, -0.2) is 37.0 Å². The summed E-state index contributed by atoms with van der Waals surface area (Å²) in [5.74, 6) is -1.29. The Bertz CT molecular complexity index is 880. The molecule has 0 saturated carbocycles. The highest BCUT2D eigenvalue weighted by Gasteiger charge is 2.28. The first-order chi connectivity index (χ1) is 12.8. The summed E-state index contributed by atoms with van der Waals surface area (Å²) in [5, 5.41) is 11.7. The number of nitro groups is 1. The van der Waals surface area contributed by atoms with Crippen LogP contribution in [0.25, 0.3) is 0 Å². The number of carbonyl (C=O) groups is 2. The Labute approximate surface area is 159 Å². The molecule has 0 aliphatic carbocycles. The average molecular weight is 394 g/mol. The second-order valence-corrected chi connectivity index (χ2v) is 5.84. The van der Waals surface area contributed by atoms with Crippen molar-refractivity contribution in [3.05, 3.63) is 62.7 Å². The number of ketones is 1. The molecule has 0 spiro atoms. The van der Waals surface area contributed by atoms with Gasteiger partial charge in [-0.05, 0) is 31.2 Å². The molecule has 0 saturated heterocycles. The standard InChI is InChI=1S/C18H16ClNO7/c1-10(17(21)11-4-6-12(19)7-5-11)27-18(22)13-8-15(25-2)16(26-3)9-14(13)20(23)24/h4-10H,1-3H3. The highest BCUT2D eigenvalue weighted by Crippen LogP contribution is 2.35. The lowest BCUT2D eigenvalue weighted by atomic mass is 10.1. The van der Waals surface area contributed by atoms with Crippen LogP contribution < -0.4 is 9.47 Å². The Kier molecular flexibility index (Phi) is 6.36. The zero-order valence-electron chi connectivity index (χ0n) is 14.7. The molecule has 0 amide bonds. The lowest BCUT2D eigenvalue weighted by Crippen LogP contribution is -2.25. The Balaban J connectivity index is 2.29. The number of nitro benzene ring substituents is 1. The van der Waals surface area contributed by atoms with E-state index in [2.05, 4.69) is 0 Å². The summed E-state index contributed by atoms with van der Waals surface area (Å²) in [7, 11) is 2.64. The molecule has 0 fully saturated rings. The molecule has 0 aliphatic heterocycles. The average Bonchev–Trinajstić information content (AvgIpc) is 2.66. The van der Waals surface area contributed by atoms with Crippen molar-refractivity contribution in [2.45, 2.75) is 13.0 Å². The van der Waals surface area contributed by atoms with Crippen LogP contribution in [0.15, 0.2) is 36.4 Å². The van der Waals surface area contributed by atoms with Gasteiger partial charge in [-0.1, -0.05) is 11.6 Å². The van der Waals surface area contributed by atoms with E-state index in [-0.39, 0.29) is 17.1 Å². The van der Waals surface area contributed by atoms with E-state index in [9.17, 15) is 19.7 Å². The fraction of sp³-hybridized carbons (Fsp3) is 0.222. The minimum absolute atomic E-state index is 0.0889. The van der Waals surface area contributed by atoms with E-state index >= 15 is 0 Å². The third-order valence-corrected chi connectivity index (χ3v) is 3.95. The Hall–Kier alpha value is -3.13. The number of hydrogen-bond acceptors (Lipinski definition) is 7. The Morgan fingerprint density at radius 3 is 2.15 bits per heavy atom. The normalized spacial score (nSPS) is 11.4. The van der Waals surface area contributed by atoms with Crippen LogP contribution in [0.3, 0.4) is 0 Å². The predicted octanol–water partition coefficient (Wildman–Crippen LogP) is 3.69. The molecule has 1 atom stereocenters. The van der Waals surface area contributed by atoms with Crippen molar-refractivity contribution >= 4 is 29.0 Å². The molecule has 1 unspecified atom stereocenters. The molecule has 142 valence electrons. The molecular formula is C18H16ClNO7. The first-order valence-electron chi connectivity index (χ1n) is 7.69. The number of methoxy groups -OCH3 is 2. The van der Waals surface area contributed by atoms with E-state index in [0.717, 1.165) is 12.1 Å². The molecule has 0 heterocycles. The quantitative estimate of drug-likeness (QED) is 0.305. The van der Waals surface area contributed by atoms with Crippen molar-refractivity contribution < 1.29 is 28.7 Å². The SMILES string of the molecule is COc1cc(C(=O)OC(C)C(=O)c2ccc(Cl)cc2)c([N+](=O)[O-])cc1OC. The number of esters is 1. The zero-order valence-corrected chi connectivity index (χ0v) is 15.5. The fourth-order valence-corrected chi connectivity index (χ4v) is 2.44. The van der Waals surface area contributed by atoms with Gasteiger partial charge in [0.05, 0.1) is 25.2 Å². The van der Waals surface area contributed by atoms with Gasteiger partial charge in [0.25, 0.3) is 5.69 Å². The van der Waals surface area contributed by atoms with Gasteiger partial charge in [0, 0.05) is 16.7 Å². The number of benzene rings is 2. The number of carbonyl (C=O) groups excluding carboxylic acids is 2. The van der Waals surface area contributed by atoms with Gasteiger partial charge < -0.3 is 14.2 Å². The van der Waals surface area contributed by atoms with Crippen molar-refractivity contribution in [3.63, 3.8) is 0 Å². The van der Waals surface area contributed by atoms with Crippen molar-refractivity contribution in [3.8, 4) is 11.5 Å². The predicted molar refractivity (Wildman–Crippen MR) is 96.9 cm³/mol. The van der Waals surface area contributed by atoms with Gasteiger partial charge in [-0.3, -0.25) is 14.9 Å². The summed E-state index contributed by atoms with van der Waals surface area (Å²) in [6, 6.07) is 8.24. The first-order valence-corrected chi connectivity index (χ1v) is 8.07. The van der Waals surface area contributed by atoms with Gasteiger partial charge in [0.15, 0.2) is 17.6 Å². The summed E-state index contributed by atoms with van der Waals surface area (Å²) in [4.78, 5) is 35.4. The fourth-order valence-electron chi connectivity index (χ4n) is 2.31. The lowest BCUT2D eigenvalue weighted by Gasteiger charge is -2.14. The molecular weight excluding hydrogens is 378 g/mol. The molecule has 2 aromatic carbocycles. The maximum absolute atomic E-state index is 12.4. The molecule has 0 radical (unpaired) electrons. The number of rotatable bonds is 7. The minimum Gasteiger partial charge on any atom is -0.493 e. The van der Waals surface area contributed by atoms with E-state index in [1.807, 2.05) is 0 Å². The highest BCUT2D eigenvalue weighted by molar-refractivity contribution is 6.30. The van der Waals surface area contributed by atoms with E-state index in [1.54, 1.807) is 0 Å². The van der Waals surface area contributed by atoms with Crippen LogP contribution in [0.5, 0.6) is 11.5 Å². The maximum Gasteiger partial charge on any atom is 0.346 e. The highest BCUT2D eigenvalue weighted by atomic mass is 35.5. The van der Waals surface area contributed by atoms with Crippen molar-refractivity contribution in [1.82, 2.24) is 0 Å². The number of Topliss-reactive ketones (excluding diaryl/α,β-unsaturated/α-hetero) is 1. The smallest absolute Gasteiger partial charge is 0.346 e. The van der Waals surface area contributed by atoms with Crippen molar-refractivity contribution in [2.75, 3.05) is 14.2 Å². The van der Waals surface area contributed by atoms with Crippen LogP contribution in [-0.2, 0) is 4.74 Å². The topological polar surface area (TPSA) is 105 Å². The van der Waals surface area contributed by atoms with Crippen LogP contribution in [0, 0.1) is 10.1 Å². The molecule has 2 rings (SSSR count). The lowest BCUT2D eigenvalue weighted by molar-refractivity contribution is -0.385. The summed E-state index contributed by atoms with van der Waals surface area (Å²) in [6.07, 6.45) is -1.16. The van der Waals surface area contributed by atoms with Crippen molar-refractivity contribution in [2.24, 2.45) is 0 Å². The van der Waals surface area contributed by atoms with E-state index in [1.165, 1.54) is 45.4 Å². The van der Waals surface area contributed by atoms with Crippen LogP contribution in [0.2, 0.25) is 5.02 Å². The summed E-state index contributed by atoms with van der Waals surface area (Å²) in [5.41, 5.74) is -0.585. The molecule has 0 bridgehead atoms. The van der Waals surface area contributed by atoms with Crippen LogP contribution in [0.1, 0.15) is 27.6 Å². The van der Waals surface area contributed by atoms with Gasteiger partial charge in [-0.25, -0.2) is 4.79 Å². The van der Waals surface area contributed by atoms with E-state index in [4.69, 9.17) is 25.8 Å². The Morgan fingerprint density at radius 1 is 1.07 bits per heavy atom. The largest absolute Gasteiger partial charge is 0.493 e. The summed E-state index contributed by atoms with van der Waals surface area (Å²) < 4.78 is 15.2.